The zero-order valence-electron chi connectivity index (χ0n) is 11.9. The van der Waals surface area contributed by atoms with Crippen LogP contribution in [-0.4, -0.2) is 22.8 Å². The lowest BCUT2D eigenvalue weighted by molar-refractivity contribution is 0.580. The highest BCUT2D eigenvalue weighted by Crippen LogP contribution is 2.37. The van der Waals surface area contributed by atoms with Crippen LogP contribution in [0.5, 0.6) is 0 Å². The Bertz CT molecular complexity index is 742. The molecule has 1 aliphatic rings. The monoisotopic (exact) mass is 309 g/mol. The Balaban J connectivity index is 1.77. The summed E-state index contributed by atoms with van der Waals surface area (Å²) in [7, 11) is -1.74. The van der Waals surface area contributed by atoms with E-state index in [1.165, 1.54) is 0 Å². The Morgan fingerprint density at radius 3 is 2.76 bits per heavy atom. The summed E-state index contributed by atoms with van der Waals surface area (Å²) in [5.74, 6) is 0. The molecule has 1 aliphatic carbocycles. The quantitative estimate of drug-likeness (QED) is 0.812. The maximum atomic E-state index is 12.3. The van der Waals surface area contributed by atoms with E-state index in [9.17, 15) is 8.42 Å². The lowest BCUT2D eigenvalue weighted by Crippen LogP contribution is -2.22. The SMILES string of the molecule is Cn1cc(CNS(=O)(=O)c2cc(CN)n(C3CC3)c2)cn1. The van der Waals surface area contributed by atoms with Gasteiger partial charge in [0.05, 0.1) is 11.1 Å². The van der Waals surface area contributed by atoms with Crippen LogP contribution >= 0.6 is 0 Å². The van der Waals surface area contributed by atoms with Crippen LogP contribution in [0.2, 0.25) is 0 Å². The maximum Gasteiger partial charge on any atom is 0.242 e. The molecule has 8 heteroatoms. The molecular formula is C13H19N5O2S. The van der Waals surface area contributed by atoms with Crippen molar-refractivity contribution in [2.24, 2.45) is 12.8 Å². The predicted octanol–water partition coefficient (Wildman–Crippen LogP) is 0.494. The maximum absolute atomic E-state index is 12.3. The minimum Gasteiger partial charge on any atom is -0.346 e. The number of hydrogen-bond acceptors (Lipinski definition) is 4. The van der Waals surface area contributed by atoms with Gasteiger partial charge in [-0.1, -0.05) is 0 Å². The molecule has 1 saturated carbocycles. The average Bonchev–Trinajstić information content (AvgIpc) is 3.05. The van der Waals surface area contributed by atoms with Crippen LogP contribution in [0.4, 0.5) is 0 Å². The van der Waals surface area contributed by atoms with Gasteiger partial charge in [0, 0.05) is 49.8 Å². The molecule has 0 bridgehead atoms. The largest absolute Gasteiger partial charge is 0.346 e. The van der Waals surface area contributed by atoms with Crippen LogP contribution < -0.4 is 10.5 Å². The van der Waals surface area contributed by atoms with E-state index < -0.39 is 10.0 Å². The molecule has 0 radical (unpaired) electrons. The molecule has 2 heterocycles. The fraction of sp³-hybridized carbons (Fsp3) is 0.462. The van der Waals surface area contributed by atoms with Crippen LogP contribution in [0.1, 0.15) is 30.1 Å². The minimum absolute atomic E-state index is 0.225. The van der Waals surface area contributed by atoms with E-state index in [0.29, 0.717) is 12.6 Å². The Morgan fingerprint density at radius 1 is 1.43 bits per heavy atom. The average molecular weight is 309 g/mol. The molecule has 2 aromatic heterocycles. The van der Waals surface area contributed by atoms with Gasteiger partial charge in [0.15, 0.2) is 0 Å². The second kappa shape index (κ2) is 5.28. The molecule has 3 rings (SSSR count). The summed E-state index contributed by atoms with van der Waals surface area (Å²) in [6.07, 6.45) is 7.28. The first-order valence-electron chi connectivity index (χ1n) is 6.87. The molecule has 114 valence electrons. The molecule has 2 aromatic rings. The van der Waals surface area contributed by atoms with Gasteiger partial charge in [0.25, 0.3) is 0 Å². The van der Waals surface area contributed by atoms with E-state index in [2.05, 4.69) is 9.82 Å². The van der Waals surface area contributed by atoms with Gasteiger partial charge >= 0.3 is 0 Å². The van der Waals surface area contributed by atoms with Gasteiger partial charge in [0.1, 0.15) is 0 Å². The van der Waals surface area contributed by atoms with Crippen molar-refractivity contribution < 1.29 is 8.42 Å². The Labute approximate surface area is 123 Å². The topological polar surface area (TPSA) is 94.9 Å². The lowest BCUT2D eigenvalue weighted by Gasteiger charge is -2.04. The van der Waals surface area contributed by atoms with E-state index in [0.717, 1.165) is 24.1 Å². The molecule has 21 heavy (non-hydrogen) atoms. The first-order valence-corrected chi connectivity index (χ1v) is 8.36. The highest BCUT2D eigenvalue weighted by Gasteiger charge is 2.27. The second-order valence-corrected chi connectivity index (χ2v) is 7.12. The van der Waals surface area contributed by atoms with Gasteiger partial charge < -0.3 is 10.3 Å². The van der Waals surface area contributed by atoms with Gasteiger partial charge in [-0.15, -0.1) is 0 Å². The fourth-order valence-corrected chi connectivity index (χ4v) is 3.39. The van der Waals surface area contributed by atoms with E-state index in [-0.39, 0.29) is 11.4 Å². The highest BCUT2D eigenvalue weighted by atomic mass is 32.2. The molecule has 0 atom stereocenters. The predicted molar refractivity (Wildman–Crippen MR) is 77.8 cm³/mol. The summed E-state index contributed by atoms with van der Waals surface area (Å²) in [6, 6.07) is 2.06. The van der Waals surface area contributed by atoms with E-state index in [1.54, 1.807) is 36.4 Å². The summed E-state index contributed by atoms with van der Waals surface area (Å²) < 4.78 is 30.9. The van der Waals surface area contributed by atoms with Crippen molar-refractivity contribution in [2.45, 2.75) is 36.9 Å². The summed E-state index contributed by atoms with van der Waals surface area (Å²) in [4.78, 5) is 0.277. The summed E-state index contributed by atoms with van der Waals surface area (Å²) in [6.45, 7) is 0.567. The number of nitrogens with zero attached hydrogens (tertiary/aromatic N) is 3. The smallest absolute Gasteiger partial charge is 0.242 e. The first kappa shape index (κ1) is 14.3. The normalized spacial score (nSPS) is 15.5. The van der Waals surface area contributed by atoms with Crippen molar-refractivity contribution in [2.75, 3.05) is 0 Å². The van der Waals surface area contributed by atoms with E-state index in [4.69, 9.17) is 5.73 Å². The number of aryl methyl sites for hydroxylation is 1. The molecular weight excluding hydrogens is 290 g/mol. The third-order valence-corrected chi connectivity index (χ3v) is 4.96. The number of nitrogens with one attached hydrogen (secondary N) is 1. The molecule has 3 N–H and O–H groups in total. The van der Waals surface area contributed by atoms with Crippen molar-refractivity contribution in [3.05, 3.63) is 35.9 Å². The highest BCUT2D eigenvalue weighted by molar-refractivity contribution is 7.89. The van der Waals surface area contributed by atoms with Crippen molar-refractivity contribution in [3.63, 3.8) is 0 Å². The van der Waals surface area contributed by atoms with Gasteiger partial charge in [0.2, 0.25) is 10.0 Å². The van der Waals surface area contributed by atoms with Crippen LogP contribution in [0, 0.1) is 0 Å². The zero-order valence-corrected chi connectivity index (χ0v) is 12.7. The lowest BCUT2D eigenvalue weighted by atomic mass is 10.4. The second-order valence-electron chi connectivity index (χ2n) is 5.36. The fourth-order valence-electron chi connectivity index (χ4n) is 2.32. The van der Waals surface area contributed by atoms with E-state index in [1.807, 2.05) is 4.57 Å². The molecule has 0 aromatic carbocycles. The van der Waals surface area contributed by atoms with Crippen molar-refractivity contribution in [3.8, 4) is 0 Å². The number of sulfonamides is 1. The third-order valence-electron chi connectivity index (χ3n) is 3.59. The van der Waals surface area contributed by atoms with Gasteiger partial charge in [-0.25, -0.2) is 13.1 Å². The van der Waals surface area contributed by atoms with Crippen molar-refractivity contribution in [1.29, 1.82) is 0 Å². The molecule has 0 amide bonds. The number of hydrogen-bond donors (Lipinski definition) is 2. The summed E-state index contributed by atoms with van der Waals surface area (Å²) in [5.41, 5.74) is 7.37. The van der Waals surface area contributed by atoms with E-state index >= 15 is 0 Å². The Kier molecular flexibility index (Phi) is 3.60. The van der Waals surface area contributed by atoms with Crippen LogP contribution in [-0.2, 0) is 30.2 Å². The summed E-state index contributed by atoms with van der Waals surface area (Å²) >= 11 is 0. The van der Waals surface area contributed by atoms with Gasteiger partial charge in [-0.2, -0.15) is 5.10 Å². The van der Waals surface area contributed by atoms with Crippen molar-refractivity contribution in [1.82, 2.24) is 19.1 Å². The van der Waals surface area contributed by atoms with Crippen molar-refractivity contribution >= 4 is 10.0 Å². The first-order chi connectivity index (χ1) is 9.99. The van der Waals surface area contributed by atoms with Gasteiger partial charge in [-0.05, 0) is 18.9 Å². The van der Waals surface area contributed by atoms with Gasteiger partial charge in [-0.3, -0.25) is 4.68 Å². The standard InChI is InChI=1S/C13H19N5O2S/c1-17-8-10(6-15-17)7-16-21(19,20)13-4-12(5-14)18(9-13)11-2-3-11/h4,6,8-9,11,16H,2-3,5,7,14H2,1H3. The third kappa shape index (κ3) is 3.02. The molecule has 0 unspecified atom stereocenters. The number of nitrogens with two attached hydrogens (primary N) is 1. The Morgan fingerprint density at radius 2 is 2.19 bits per heavy atom. The van der Waals surface area contributed by atoms with Crippen LogP contribution in [0.3, 0.4) is 0 Å². The molecule has 0 aliphatic heterocycles. The summed E-state index contributed by atoms with van der Waals surface area (Å²) in [5, 5.41) is 4.01. The number of aromatic nitrogens is 3. The molecule has 0 spiro atoms. The molecule has 7 nitrogen and oxygen atoms in total. The van der Waals surface area contributed by atoms with Crippen LogP contribution in [0.15, 0.2) is 29.6 Å². The zero-order chi connectivity index (χ0) is 15.0. The Hall–Kier alpha value is -1.64. The number of rotatable bonds is 6. The van der Waals surface area contributed by atoms with Crippen LogP contribution in [0.25, 0.3) is 0 Å². The minimum atomic E-state index is -3.53. The molecule has 1 fully saturated rings. The molecule has 0 saturated heterocycles.